The molecule has 16 heavy (non-hydrogen) atoms. The first-order valence-electron chi connectivity index (χ1n) is 5.95. The first kappa shape index (κ1) is 11.2. The molecule has 1 aromatic rings. The lowest BCUT2D eigenvalue weighted by atomic mass is 9.89. The highest BCUT2D eigenvalue weighted by atomic mass is 16.5. The Bertz CT molecular complexity index is 335. The molecule has 0 amide bonds. The van der Waals surface area contributed by atoms with E-state index in [1.54, 1.807) is 13.2 Å². The van der Waals surface area contributed by atoms with Gasteiger partial charge in [0, 0.05) is 19.3 Å². The molecule has 1 fully saturated rings. The SMILES string of the molecule is CNc1nccc(OC2CCC(C)CC2)n1. The molecule has 0 saturated heterocycles. The highest BCUT2D eigenvalue weighted by Gasteiger charge is 2.19. The Hall–Kier alpha value is -1.32. The maximum Gasteiger partial charge on any atom is 0.225 e. The molecule has 1 aliphatic rings. The third kappa shape index (κ3) is 2.84. The summed E-state index contributed by atoms with van der Waals surface area (Å²) in [5.74, 6) is 2.14. The van der Waals surface area contributed by atoms with Gasteiger partial charge in [0.15, 0.2) is 0 Å². The molecule has 0 spiro atoms. The van der Waals surface area contributed by atoms with Crippen LogP contribution in [0.1, 0.15) is 32.6 Å². The lowest BCUT2D eigenvalue weighted by Crippen LogP contribution is -2.23. The monoisotopic (exact) mass is 221 g/mol. The van der Waals surface area contributed by atoms with Crippen molar-refractivity contribution >= 4 is 5.95 Å². The average Bonchev–Trinajstić information content (AvgIpc) is 2.32. The number of nitrogens with zero attached hydrogens (tertiary/aromatic N) is 2. The summed E-state index contributed by atoms with van der Waals surface area (Å²) >= 11 is 0. The summed E-state index contributed by atoms with van der Waals surface area (Å²) in [6.07, 6.45) is 6.85. The average molecular weight is 221 g/mol. The molecule has 88 valence electrons. The van der Waals surface area contributed by atoms with E-state index in [0.29, 0.717) is 17.9 Å². The Morgan fingerprint density at radius 2 is 2.06 bits per heavy atom. The van der Waals surface area contributed by atoms with Crippen LogP contribution in [0.4, 0.5) is 5.95 Å². The predicted octanol–water partition coefficient (Wildman–Crippen LogP) is 2.48. The smallest absolute Gasteiger partial charge is 0.225 e. The van der Waals surface area contributed by atoms with Crippen LogP contribution in [-0.4, -0.2) is 23.1 Å². The minimum Gasteiger partial charge on any atom is -0.474 e. The highest BCUT2D eigenvalue weighted by molar-refractivity contribution is 5.26. The zero-order valence-corrected chi connectivity index (χ0v) is 9.94. The summed E-state index contributed by atoms with van der Waals surface area (Å²) in [4.78, 5) is 8.32. The number of rotatable bonds is 3. The molecule has 0 radical (unpaired) electrons. The topological polar surface area (TPSA) is 47.0 Å². The summed E-state index contributed by atoms with van der Waals surface area (Å²) in [7, 11) is 1.81. The molecule has 4 nitrogen and oxygen atoms in total. The molecule has 1 aromatic heterocycles. The van der Waals surface area contributed by atoms with Crippen molar-refractivity contribution in [1.29, 1.82) is 0 Å². The van der Waals surface area contributed by atoms with E-state index < -0.39 is 0 Å². The molecule has 1 N–H and O–H groups in total. The number of ether oxygens (including phenoxy) is 1. The van der Waals surface area contributed by atoms with Crippen LogP contribution < -0.4 is 10.1 Å². The second-order valence-corrected chi connectivity index (χ2v) is 4.47. The summed E-state index contributed by atoms with van der Waals surface area (Å²) in [5, 5.41) is 2.91. The van der Waals surface area contributed by atoms with Crippen molar-refractivity contribution in [2.45, 2.75) is 38.7 Å². The maximum absolute atomic E-state index is 5.86. The molecule has 1 heterocycles. The van der Waals surface area contributed by atoms with Crippen molar-refractivity contribution in [3.8, 4) is 5.88 Å². The summed E-state index contributed by atoms with van der Waals surface area (Å²) in [5.41, 5.74) is 0. The van der Waals surface area contributed by atoms with E-state index in [4.69, 9.17) is 4.74 Å². The Labute approximate surface area is 96.4 Å². The summed E-state index contributed by atoms with van der Waals surface area (Å²) in [6, 6.07) is 1.82. The van der Waals surface area contributed by atoms with Crippen LogP contribution in [0.25, 0.3) is 0 Å². The first-order chi connectivity index (χ1) is 7.78. The third-order valence-electron chi connectivity index (χ3n) is 3.10. The Morgan fingerprint density at radius 1 is 1.31 bits per heavy atom. The second-order valence-electron chi connectivity index (χ2n) is 4.47. The van der Waals surface area contributed by atoms with E-state index >= 15 is 0 Å². The van der Waals surface area contributed by atoms with Gasteiger partial charge in [0.1, 0.15) is 6.10 Å². The minimum absolute atomic E-state index is 0.329. The van der Waals surface area contributed by atoms with Gasteiger partial charge < -0.3 is 10.1 Å². The van der Waals surface area contributed by atoms with Crippen molar-refractivity contribution in [2.24, 2.45) is 5.92 Å². The van der Waals surface area contributed by atoms with Crippen LogP contribution in [0.2, 0.25) is 0 Å². The number of anilines is 1. The zero-order valence-electron chi connectivity index (χ0n) is 9.94. The fourth-order valence-electron chi connectivity index (χ4n) is 2.05. The van der Waals surface area contributed by atoms with Crippen molar-refractivity contribution in [1.82, 2.24) is 9.97 Å². The summed E-state index contributed by atoms with van der Waals surface area (Å²) in [6.45, 7) is 2.31. The summed E-state index contributed by atoms with van der Waals surface area (Å²) < 4.78 is 5.86. The lowest BCUT2D eigenvalue weighted by Gasteiger charge is -2.26. The van der Waals surface area contributed by atoms with E-state index in [-0.39, 0.29) is 0 Å². The lowest BCUT2D eigenvalue weighted by molar-refractivity contribution is 0.130. The van der Waals surface area contributed by atoms with Gasteiger partial charge in [-0.1, -0.05) is 6.92 Å². The van der Waals surface area contributed by atoms with Gasteiger partial charge in [0.25, 0.3) is 0 Å². The molecule has 4 heteroatoms. The van der Waals surface area contributed by atoms with E-state index in [2.05, 4.69) is 22.2 Å². The fourth-order valence-corrected chi connectivity index (χ4v) is 2.05. The maximum atomic E-state index is 5.86. The number of aromatic nitrogens is 2. The zero-order chi connectivity index (χ0) is 11.4. The van der Waals surface area contributed by atoms with E-state index in [1.165, 1.54) is 12.8 Å². The predicted molar refractivity (Wildman–Crippen MR) is 63.6 cm³/mol. The standard InChI is InChI=1S/C12H19N3O/c1-9-3-5-10(6-4-9)16-11-7-8-14-12(13-2)15-11/h7-10H,3-6H2,1-2H3,(H,13,14,15). The van der Waals surface area contributed by atoms with E-state index in [1.807, 2.05) is 6.07 Å². The Kier molecular flexibility index (Phi) is 3.59. The minimum atomic E-state index is 0.329. The van der Waals surface area contributed by atoms with Crippen LogP contribution in [0.5, 0.6) is 5.88 Å². The molecule has 0 aromatic carbocycles. The molecule has 0 bridgehead atoms. The molecule has 2 rings (SSSR count). The van der Waals surface area contributed by atoms with Gasteiger partial charge in [-0.2, -0.15) is 4.98 Å². The molecule has 0 atom stereocenters. The molecule has 1 aliphatic carbocycles. The van der Waals surface area contributed by atoms with Crippen molar-refractivity contribution < 1.29 is 4.74 Å². The number of hydrogen-bond donors (Lipinski definition) is 1. The third-order valence-corrected chi connectivity index (χ3v) is 3.10. The van der Waals surface area contributed by atoms with Crippen molar-refractivity contribution in [3.05, 3.63) is 12.3 Å². The molecular weight excluding hydrogens is 202 g/mol. The Balaban J connectivity index is 1.93. The van der Waals surface area contributed by atoms with E-state index in [0.717, 1.165) is 18.8 Å². The number of hydrogen-bond acceptors (Lipinski definition) is 4. The molecule has 1 saturated carbocycles. The van der Waals surface area contributed by atoms with Crippen LogP contribution >= 0.6 is 0 Å². The van der Waals surface area contributed by atoms with Crippen molar-refractivity contribution in [3.63, 3.8) is 0 Å². The number of nitrogens with one attached hydrogen (secondary N) is 1. The first-order valence-corrected chi connectivity index (χ1v) is 5.95. The second kappa shape index (κ2) is 5.14. The largest absolute Gasteiger partial charge is 0.474 e. The fraction of sp³-hybridized carbons (Fsp3) is 0.667. The highest BCUT2D eigenvalue weighted by Crippen LogP contribution is 2.26. The van der Waals surface area contributed by atoms with Gasteiger partial charge in [0.2, 0.25) is 11.8 Å². The van der Waals surface area contributed by atoms with Gasteiger partial charge in [-0.3, -0.25) is 0 Å². The van der Waals surface area contributed by atoms with Crippen LogP contribution in [0, 0.1) is 5.92 Å². The van der Waals surface area contributed by atoms with E-state index in [9.17, 15) is 0 Å². The quantitative estimate of drug-likeness (QED) is 0.851. The van der Waals surface area contributed by atoms with Gasteiger partial charge in [0.05, 0.1) is 0 Å². The van der Waals surface area contributed by atoms with Gasteiger partial charge in [-0.25, -0.2) is 4.98 Å². The van der Waals surface area contributed by atoms with Crippen LogP contribution in [0.3, 0.4) is 0 Å². The van der Waals surface area contributed by atoms with Crippen LogP contribution in [-0.2, 0) is 0 Å². The molecular formula is C12H19N3O. The Morgan fingerprint density at radius 3 is 2.75 bits per heavy atom. The van der Waals surface area contributed by atoms with Gasteiger partial charge in [-0.05, 0) is 31.6 Å². The normalized spacial score (nSPS) is 25.1. The van der Waals surface area contributed by atoms with Gasteiger partial charge in [-0.15, -0.1) is 0 Å². The van der Waals surface area contributed by atoms with Crippen molar-refractivity contribution in [2.75, 3.05) is 12.4 Å². The van der Waals surface area contributed by atoms with Crippen LogP contribution in [0.15, 0.2) is 12.3 Å². The molecule has 0 aliphatic heterocycles. The molecule has 0 unspecified atom stereocenters. The van der Waals surface area contributed by atoms with Gasteiger partial charge >= 0.3 is 0 Å².